The third kappa shape index (κ3) is 3.61. The average molecular weight is 318 g/mol. The Balaban J connectivity index is 1.69. The molecule has 1 aliphatic rings. The molecule has 5 nitrogen and oxygen atoms in total. The van der Waals surface area contributed by atoms with Crippen LogP contribution < -0.4 is 10.2 Å². The topological polar surface area (TPSA) is 58.1 Å². The molecule has 7 heteroatoms. The van der Waals surface area contributed by atoms with E-state index < -0.39 is 17.5 Å². The highest BCUT2D eigenvalue weighted by atomic mass is 19.1. The second-order valence-corrected chi connectivity index (χ2v) is 5.40. The quantitative estimate of drug-likeness (QED) is 0.945. The summed E-state index contributed by atoms with van der Waals surface area (Å²) >= 11 is 0. The van der Waals surface area contributed by atoms with Crippen molar-refractivity contribution in [2.24, 2.45) is 0 Å². The third-order valence-corrected chi connectivity index (χ3v) is 3.71. The number of piperidine rings is 1. The van der Waals surface area contributed by atoms with Gasteiger partial charge in [-0.2, -0.15) is 0 Å². The summed E-state index contributed by atoms with van der Waals surface area (Å²) in [5.74, 6) is -1.69. The van der Waals surface area contributed by atoms with E-state index in [0.29, 0.717) is 17.7 Å². The number of anilines is 2. The highest BCUT2D eigenvalue weighted by Crippen LogP contribution is 2.17. The molecule has 1 N–H and O–H groups in total. The average Bonchev–Trinajstić information content (AvgIpc) is 2.56. The summed E-state index contributed by atoms with van der Waals surface area (Å²) in [7, 11) is 0. The molecule has 0 aliphatic carbocycles. The summed E-state index contributed by atoms with van der Waals surface area (Å²) < 4.78 is 26.4. The highest BCUT2D eigenvalue weighted by molar-refractivity contribution is 6.04. The molecule has 2 heterocycles. The molecular weight excluding hydrogens is 302 g/mol. The zero-order valence-corrected chi connectivity index (χ0v) is 12.4. The van der Waals surface area contributed by atoms with Gasteiger partial charge in [0.05, 0.1) is 23.6 Å². The summed E-state index contributed by atoms with van der Waals surface area (Å²) in [5.41, 5.74) is 0.131. The molecule has 1 aromatic heterocycles. The summed E-state index contributed by atoms with van der Waals surface area (Å²) in [4.78, 5) is 22.5. The molecule has 1 aliphatic heterocycles. The van der Waals surface area contributed by atoms with Crippen molar-refractivity contribution in [2.75, 3.05) is 23.3 Å². The zero-order chi connectivity index (χ0) is 16.2. The van der Waals surface area contributed by atoms with Gasteiger partial charge in [0.2, 0.25) is 5.95 Å². The predicted molar refractivity (Wildman–Crippen MR) is 82.4 cm³/mol. The van der Waals surface area contributed by atoms with Gasteiger partial charge in [0.1, 0.15) is 11.6 Å². The van der Waals surface area contributed by atoms with Crippen molar-refractivity contribution in [3.05, 3.63) is 47.8 Å². The van der Waals surface area contributed by atoms with Crippen LogP contribution in [0.3, 0.4) is 0 Å². The molecule has 1 saturated heterocycles. The second kappa shape index (κ2) is 6.68. The van der Waals surface area contributed by atoms with E-state index in [1.165, 1.54) is 18.8 Å². The van der Waals surface area contributed by atoms with Gasteiger partial charge >= 0.3 is 0 Å². The van der Waals surface area contributed by atoms with E-state index in [9.17, 15) is 13.6 Å². The largest absolute Gasteiger partial charge is 0.341 e. The number of rotatable bonds is 3. The SMILES string of the molecule is O=C(Nc1cnc(N2CCCCC2)nc1)c1ccc(F)cc1F. The zero-order valence-electron chi connectivity index (χ0n) is 12.4. The van der Waals surface area contributed by atoms with Crippen molar-refractivity contribution in [1.82, 2.24) is 9.97 Å². The molecule has 23 heavy (non-hydrogen) atoms. The van der Waals surface area contributed by atoms with Gasteiger partial charge in [0.15, 0.2) is 0 Å². The maximum Gasteiger partial charge on any atom is 0.258 e. The van der Waals surface area contributed by atoms with Crippen molar-refractivity contribution in [1.29, 1.82) is 0 Å². The van der Waals surface area contributed by atoms with E-state index >= 15 is 0 Å². The summed E-state index contributed by atoms with van der Waals surface area (Å²) in [6.07, 6.45) is 6.41. The van der Waals surface area contributed by atoms with Crippen molar-refractivity contribution >= 4 is 17.5 Å². The van der Waals surface area contributed by atoms with E-state index in [1.807, 2.05) is 0 Å². The van der Waals surface area contributed by atoms with Crippen LogP contribution in [0.2, 0.25) is 0 Å². The fraction of sp³-hybridized carbons (Fsp3) is 0.312. The molecule has 3 rings (SSSR count). The molecule has 1 amide bonds. The Hall–Kier alpha value is -2.57. The van der Waals surface area contributed by atoms with Gasteiger partial charge in [-0.3, -0.25) is 4.79 Å². The fourth-order valence-corrected chi connectivity index (χ4v) is 2.52. The number of benzene rings is 1. The lowest BCUT2D eigenvalue weighted by molar-refractivity contribution is 0.102. The molecule has 0 spiro atoms. The first-order chi connectivity index (χ1) is 11.1. The monoisotopic (exact) mass is 318 g/mol. The van der Waals surface area contributed by atoms with Crippen molar-refractivity contribution < 1.29 is 13.6 Å². The molecular formula is C16H16F2N4O. The van der Waals surface area contributed by atoms with Crippen LogP contribution in [0.5, 0.6) is 0 Å². The number of carbonyl (C=O) groups is 1. The third-order valence-electron chi connectivity index (χ3n) is 3.71. The standard InChI is InChI=1S/C16H16F2N4O/c17-11-4-5-13(14(18)8-11)15(23)21-12-9-19-16(20-10-12)22-6-2-1-3-7-22/h4-5,8-10H,1-3,6-7H2,(H,21,23). The van der Waals surface area contributed by atoms with Gasteiger partial charge in [-0.1, -0.05) is 0 Å². The van der Waals surface area contributed by atoms with Gasteiger partial charge in [0.25, 0.3) is 5.91 Å². The van der Waals surface area contributed by atoms with Crippen molar-refractivity contribution in [3.8, 4) is 0 Å². The normalized spacial score (nSPS) is 14.6. The van der Waals surface area contributed by atoms with E-state index in [0.717, 1.165) is 38.1 Å². The lowest BCUT2D eigenvalue weighted by Crippen LogP contribution is -2.30. The first kappa shape index (κ1) is 15.3. The highest BCUT2D eigenvalue weighted by Gasteiger charge is 2.15. The van der Waals surface area contributed by atoms with E-state index in [1.54, 1.807) is 0 Å². The molecule has 0 atom stereocenters. The number of aromatic nitrogens is 2. The number of amides is 1. The number of hydrogen-bond donors (Lipinski definition) is 1. The van der Waals surface area contributed by atoms with Crippen LogP contribution in [-0.4, -0.2) is 29.0 Å². The Morgan fingerprint density at radius 2 is 1.78 bits per heavy atom. The lowest BCUT2D eigenvalue weighted by atomic mass is 10.1. The maximum atomic E-state index is 13.6. The van der Waals surface area contributed by atoms with E-state index in [-0.39, 0.29) is 5.56 Å². The van der Waals surface area contributed by atoms with Crippen LogP contribution >= 0.6 is 0 Å². The minimum atomic E-state index is -0.909. The van der Waals surface area contributed by atoms with E-state index in [4.69, 9.17) is 0 Å². The minimum absolute atomic E-state index is 0.230. The Kier molecular flexibility index (Phi) is 4.45. The maximum absolute atomic E-state index is 13.6. The number of nitrogens with zero attached hydrogens (tertiary/aromatic N) is 3. The Morgan fingerprint density at radius 1 is 1.09 bits per heavy atom. The number of hydrogen-bond acceptors (Lipinski definition) is 4. The first-order valence-electron chi connectivity index (χ1n) is 7.47. The molecule has 2 aromatic rings. The van der Waals surface area contributed by atoms with Gasteiger partial charge in [0, 0.05) is 19.2 Å². The summed E-state index contributed by atoms with van der Waals surface area (Å²) in [6.45, 7) is 1.85. The molecule has 1 fully saturated rings. The van der Waals surface area contributed by atoms with Crippen LogP contribution in [0, 0.1) is 11.6 Å². The first-order valence-corrected chi connectivity index (χ1v) is 7.47. The molecule has 120 valence electrons. The lowest BCUT2D eigenvalue weighted by Gasteiger charge is -2.26. The van der Waals surface area contributed by atoms with Crippen molar-refractivity contribution in [2.45, 2.75) is 19.3 Å². The Labute approximate surface area is 132 Å². The number of halogens is 2. The smallest absolute Gasteiger partial charge is 0.258 e. The van der Waals surface area contributed by atoms with Crippen LogP contribution in [0.1, 0.15) is 29.6 Å². The Bertz CT molecular complexity index is 700. The summed E-state index contributed by atoms with van der Waals surface area (Å²) in [6, 6.07) is 2.81. The van der Waals surface area contributed by atoms with Crippen LogP contribution in [0.15, 0.2) is 30.6 Å². The van der Waals surface area contributed by atoms with Gasteiger partial charge in [-0.05, 0) is 31.4 Å². The molecule has 0 radical (unpaired) electrons. The molecule has 0 unspecified atom stereocenters. The number of nitrogens with one attached hydrogen (secondary N) is 1. The predicted octanol–water partition coefficient (Wildman–Crippen LogP) is 3.00. The fourth-order valence-electron chi connectivity index (χ4n) is 2.52. The van der Waals surface area contributed by atoms with Crippen LogP contribution in [-0.2, 0) is 0 Å². The Morgan fingerprint density at radius 3 is 2.43 bits per heavy atom. The molecule has 0 bridgehead atoms. The van der Waals surface area contributed by atoms with Gasteiger partial charge in [-0.25, -0.2) is 18.7 Å². The molecule has 1 aromatic carbocycles. The van der Waals surface area contributed by atoms with Crippen LogP contribution in [0.25, 0.3) is 0 Å². The van der Waals surface area contributed by atoms with Crippen molar-refractivity contribution in [3.63, 3.8) is 0 Å². The summed E-state index contributed by atoms with van der Waals surface area (Å²) in [5, 5.41) is 2.50. The molecule has 0 saturated carbocycles. The second-order valence-electron chi connectivity index (χ2n) is 5.40. The number of carbonyl (C=O) groups excluding carboxylic acids is 1. The van der Waals surface area contributed by atoms with Gasteiger partial charge in [-0.15, -0.1) is 0 Å². The van der Waals surface area contributed by atoms with E-state index in [2.05, 4.69) is 20.2 Å². The minimum Gasteiger partial charge on any atom is -0.341 e. The van der Waals surface area contributed by atoms with Crippen LogP contribution in [0.4, 0.5) is 20.4 Å². The van der Waals surface area contributed by atoms with Gasteiger partial charge < -0.3 is 10.2 Å².